The molecule has 7 heteroatoms. The number of likely N-dealkylation sites (N-methyl/N-ethyl adjacent to an activating group) is 1. The number of benzene rings is 1. The van der Waals surface area contributed by atoms with Crippen molar-refractivity contribution in [3.8, 4) is 11.5 Å². The highest BCUT2D eigenvalue weighted by Crippen LogP contribution is 2.31. The molecule has 2 N–H and O–H groups in total. The van der Waals surface area contributed by atoms with Crippen LogP contribution in [-0.4, -0.2) is 43.5 Å². The van der Waals surface area contributed by atoms with E-state index in [0.29, 0.717) is 24.9 Å². The van der Waals surface area contributed by atoms with Crippen molar-refractivity contribution >= 4 is 11.7 Å². The summed E-state index contributed by atoms with van der Waals surface area (Å²) in [5, 5.41) is 7.42. The first-order valence-corrected chi connectivity index (χ1v) is 9.47. The minimum Gasteiger partial charge on any atom is -0.493 e. The van der Waals surface area contributed by atoms with Gasteiger partial charge in [-0.3, -0.25) is 4.79 Å². The third kappa shape index (κ3) is 4.60. The minimum absolute atomic E-state index is 0.0193. The van der Waals surface area contributed by atoms with Crippen LogP contribution >= 0.6 is 0 Å². The highest BCUT2D eigenvalue weighted by molar-refractivity contribution is 5.90. The van der Waals surface area contributed by atoms with Gasteiger partial charge in [-0.1, -0.05) is 18.9 Å². The Hall–Kier alpha value is -2.54. The normalized spacial score (nSPS) is 15.5. The van der Waals surface area contributed by atoms with E-state index in [1.54, 1.807) is 20.4 Å². The van der Waals surface area contributed by atoms with Gasteiger partial charge >= 0.3 is 0 Å². The summed E-state index contributed by atoms with van der Waals surface area (Å²) in [6.07, 6.45) is 6.47. The van der Waals surface area contributed by atoms with Gasteiger partial charge in [-0.15, -0.1) is 0 Å². The number of carbonyl (C=O) groups excluding carboxylic acids is 1. The zero-order valence-corrected chi connectivity index (χ0v) is 16.3. The first-order chi connectivity index (χ1) is 13.1. The summed E-state index contributed by atoms with van der Waals surface area (Å²) in [7, 11) is 5.25. The molecule has 1 aliphatic rings. The lowest BCUT2D eigenvalue weighted by Gasteiger charge is -2.18. The maximum Gasteiger partial charge on any atom is 0.280 e. The van der Waals surface area contributed by atoms with Gasteiger partial charge in [0.1, 0.15) is 12.4 Å². The van der Waals surface area contributed by atoms with E-state index in [2.05, 4.69) is 10.4 Å². The van der Waals surface area contributed by atoms with Gasteiger partial charge in [0.15, 0.2) is 18.0 Å². The van der Waals surface area contributed by atoms with Crippen molar-refractivity contribution in [3.63, 3.8) is 0 Å². The summed E-state index contributed by atoms with van der Waals surface area (Å²) in [5.74, 6) is 2.19. The summed E-state index contributed by atoms with van der Waals surface area (Å²) in [5.41, 5.74) is 1.01. The summed E-state index contributed by atoms with van der Waals surface area (Å²) < 4.78 is 12.8. The molecule has 1 amide bonds. The Kier molecular flexibility index (Phi) is 6.34. The van der Waals surface area contributed by atoms with Gasteiger partial charge in [0.05, 0.1) is 39.1 Å². The Morgan fingerprint density at radius 2 is 2.04 bits per heavy atom. The van der Waals surface area contributed by atoms with Crippen molar-refractivity contribution < 1.29 is 19.2 Å². The molecule has 0 spiro atoms. The number of ether oxygens (including phenoxy) is 2. The smallest absolute Gasteiger partial charge is 0.280 e. The van der Waals surface area contributed by atoms with Gasteiger partial charge in [0.25, 0.3) is 5.91 Å². The fourth-order valence-corrected chi connectivity index (χ4v) is 3.79. The van der Waals surface area contributed by atoms with Crippen LogP contribution < -0.4 is 19.7 Å². The molecule has 0 bridgehead atoms. The zero-order valence-electron chi connectivity index (χ0n) is 16.3. The molecule has 0 saturated heterocycles. The maximum atomic E-state index is 12.5. The number of quaternary nitrogens is 1. The lowest BCUT2D eigenvalue weighted by atomic mass is 10.1. The van der Waals surface area contributed by atoms with Crippen LogP contribution in [0.25, 0.3) is 0 Å². The number of rotatable bonds is 8. The largest absolute Gasteiger partial charge is 0.493 e. The molecule has 27 heavy (non-hydrogen) atoms. The highest BCUT2D eigenvalue weighted by atomic mass is 16.5. The number of hydrogen-bond acceptors (Lipinski definition) is 4. The average molecular weight is 373 g/mol. The van der Waals surface area contributed by atoms with Gasteiger partial charge in [-0.25, -0.2) is 4.68 Å². The number of para-hydroxylation sites is 1. The lowest BCUT2D eigenvalue weighted by Crippen LogP contribution is -3.08. The molecular formula is C20H29N4O3+. The highest BCUT2D eigenvalue weighted by Gasteiger charge is 2.21. The second-order valence-electron chi connectivity index (χ2n) is 7.11. The standard InChI is InChI=1S/C20H28N4O3/c1-23(13-15-7-6-10-17(26-2)20(15)27-3)14-19(25)22-18-11-12-21-24(18)16-8-4-5-9-16/h6-7,10-12,16H,4-5,8-9,13-14H2,1-3H3,(H,22,25)/p+1. The zero-order chi connectivity index (χ0) is 19.2. The van der Waals surface area contributed by atoms with E-state index in [1.807, 2.05) is 36.0 Å². The van der Waals surface area contributed by atoms with E-state index < -0.39 is 0 Å². The average Bonchev–Trinajstić information content (AvgIpc) is 3.32. The summed E-state index contributed by atoms with van der Waals surface area (Å²) in [6.45, 7) is 1.02. The van der Waals surface area contributed by atoms with E-state index in [-0.39, 0.29) is 5.91 Å². The fourth-order valence-electron chi connectivity index (χ4n) is 3.79. The quantitative estimate of drug-likeness (QED) is 0.739. The van der Waals surface area contributed by atoms with Crippen LogP contribution in [0.2, 0.25) is 0 Å². The van der Waals surface area contributed by atoms with Gasteiger partial charge in [-0.05, 0) is 25.0 Å². The minimum atomic E-state index is -0.0193. The first kappa shape index (κ1) is 19.2. The van der Waals surface area contributed by atoms with Crippen molar-refractivity contribution in [2.75, 3.05) is 33.1 Å². The topological polar surface area (TPSA) is 69.8 Å². The van der Waals surface area contributed by atoms with E-state index >= 15 is 0 Å². The SMILES string of the molecule is COc1cccc(C[NH+](C)CC(=O)Nc2ccnn2C2CCCC2)c1OC. The van der Waals surface area contributed by atoms with Crippen LogP contribution in [0, 0.1) is 0 Å². The van der Waals surface area contributed by atoms with Crippen LogP contribution in [0.3, 0.4) is 0 Å². The van der Waals surface area contributed by atoms with Crippen LogP contribution in [-0.2, 0) is 11.3 Å². The van der Waals surface area contributed by atoms with Crippen molar-refractivity contribution in [1.82, 2.24) is 9.78 Å². The number of anilines is 1. The summed E-state index contributed by atoms with van der Waals surface area (Å²) >= 11 is 0. The molecule has 0 aliphatic heterocycles. The predicted octanol–water partition coefficient (Wildman–Crippen LogP) is 1.67. The number of nitrogens with zero attached hydrogens (tertiary/aromatic N) is 2. The number of hydrogen-bond donors (Lipinski definition) is 2. The molecule has 1 saturated carbocycles. The Balaban J connectivity index is 1.60. The molecule has 1 heterocycles. The Morgan fingerprint density at radius 3 is 2.74 bits per heavy atom. The van der Waals surface area contributed by atoms with Crippen molar-refractivity contribution in [2.45, 2.75) is 38.3 Å². The number of methoxy groups -OCH3 is 2. The van der Waals surface area contributed by atoms with Crippen molar-refractivity contribution in [2.24, 2.45) is 0 Å². The molecule has 1 fully saturated rings. The molecule has 0 radical (unpaired) electrons. The third-order valence-corrected chi connectivity index (χ3v) is 5.05. The number of amides is 1. The molecule has 146 valence electrons. The van der Waals surface area contributed by atoms with Crippen LogP contribution in [0.15, 0.2) is 30.5 Å². The van der Waals surface area contributed by atoms with Crippen LogP contribution in [0.4, 0.5) is 5.82 Å². The maximum absolute atomic E-state index is 12.5. The van der Waals surface area contributed by atoms with E-state index in [4.69, 9.17) is 9.47 Å². The Bertz CT molecular complexity index is 768. The molecule has 1 aliphatic carbocycles. The van der Waals surface area contributed by atoms with Crippen LogP contribution in [0.5, 0.6) is 11.5 Å². The Morgan fingerprint density at radius 1 is 1.26 bits per heavy atom. The van der Waals surface area contributed by atoms with Crippen LogP contribution in [0.1, 0.15) is 37.3 Å². The first-order valence-electron chi connectivity index (χ1n) is 9.47. The van der Waals surface area contributed by atoms with E-state index in [9.17, 15) is 4.79 Å². The Labute approximate surface area is 160 Å². The van der Waals surface area contributed by atoms with Crippen molar-refractivity contribution in [1.29, 1.82) is 0 Å². The van der Waals surface area contributed by atoms with E-state index in [1.165, 1.54) is 12.8 Å². The monoisotopic (exact) mass is 373 g/mol. The second kappa shape index (κ2) is 8.90. The molecule has 1 unspecified atom stereocenters. The van der Waals surface area contributed by atoms with Gasteiger partial charge in [0.2, 0.25) is 0 Å². The molecular weight excluding hydrogens is 344 g/mol. The molecule has 2 aromatic rings. The molecule has 3 rings (SSSR count). The molecule has 7 nitrogen and oxygen atoms in total. The van der Waals surface area contributed by atoms with Gasteiger partial charge < -0.3 is 19.7 Å². The number of carbonyl (C=O) groups is 1. The second-order valence-corrected chi connectivity index (χ2v) is 7.11. The van der Waals surface area contributed by atoms with Gasteiger partial charge in [0, 0.05) is 6.07 Å². The molecule has 1 aromatic carbocycles. The van der Waals surface area contributed by atoms with E-state index in [0.717, 1.165) is 34.9 Å². The number of aromatic nitrogens is 2. The summed E-state index contributed by atoms with van der Waals surface area (Å²) in [6, 6.07) is 8.08. The van der Waals surface area contributed by atoms with Gasteiger partial charge in [-0.2, -0.15) is 5.10 Å². The molecule has 1 aromatic heterocycles. The van der Waals surface area contributed by atoms with Crippen molar-refractivity contribution in [3.05, 3.63) is 36.0 Å². The summed E-state index contributed by atoms with van der Waals surface area (Å²) in [4.78, 5) is 13.6. The number of nitrogens with one attached hydrogen (secondary N) is 2. The third-order valence-electron chi connectivity index (χ3n) is 5.05. The predicted molar refractivity (Wildman–Crippen MR) is 103 cm³/mol. The fraction of sp³-hybridized carbons (Fsp3) is 0.500. The molecule has 1 atom stereocenters. The lowest BCUT2D eigenvalue weighted by molar-refractivity contribution is -0.885.